The Hall–Kier alpha value is -2.27. The molecule has 2 aromatic heterocycles. The van der Waals surface area contributed by atoms with Gasteiger partial charge in [0.2, 0.25) is 5.95 Å². The van der Waals surface area contributed by atoms with Crippen LogP contribution in [0.1, 0.15) is 22.4 Å². The van der Waals surface area contributed by atoms with Crippen molar-refractivity contribution in [2.75, 3.05) is 7.05 Å². The summed E-state index contributed by atoms with van der Waals surface area (Å²) in [7, 11) is 1.92. The highest BCUT2D eigenvalue weighted by Gasteiger charge is 2.10. The fraction of sp³-hybridized carbons (Fsp3) is 0.312. The van der Waals surface area contributed by atoms with Crippen molar-refractivity contribution in [2.24, 2.45) is 0 Å². The Labute approximate surface area is 124 Å². The van der Waals surface area contributed by atoms with Gasteiger partial charge in [-0.15, -0.1) is 0 Å². The van der Waals surface area contributed by atoms with Gasteiger partial charge < -0.3 is 5.32 Å². The van der Waals surface area contributed by atoms with E-state index in [0.29, 0.717) is 5.95 Å². The van der Waals surface area contributed by atoms with E-state index in [9.17, 15) is 0 Å². The normalized spacial score (nSPS) is 11.2. The van der Waals surface area contributed by atoms with Gasteiger partial charge in [-0.2, -0.15) is 0 Å². The van der Waals surface area contributed by atoms with Crippen LogP contribution in [-0.4, -0.2) is 26.6 Å². The standard InChI is InChI=1S/C16H19N5/c1-10-5-14-15(6-11(10)2)21(9-19-14)16-18-8-13(7-17-4)12(3)20-16/h5-6,8-9,17H,7H2,1-4H3. The second-order valence-corrected chi connectivity index (χ2v) is 5.35. The van der Waals surface area contributed by atoms with Crippen LogP contribution in [0, 0.1) is 20.8 Å². The van der Waals surface area contributed by atoms with Crippen LogP contribution < -0.4 is 5.32 Å². The Morgan fingerprint density at radius 3 is 2.57 bits per heavy atom. The number of benzene rings is 1. The van der Waals surface area contributed by atoms with E-state index < -0.39 is 0 Å². The molecule has 0 aliphatic carbocycles. The fourth-order valence-corrected chi connectivity index (χ4v) is 2.38. The van der Waals surface area contributed by atoms with Gasteiger partial charge in [0.25, 0.3) is 0 Å². The number of hydrogen-bond acceptors (Lipinski definition) is 4. The van der Waals surface area contributed by atoms with E-state index in [2.05, 4.69) is 46.2 Å². The average molecular weight is 281 g/mol. The van der Waals surface area contributed by atoms with E-state index in [1.165, 1.54) is 11.1 Å². The number of hydrogen-bond donors (Lipinski definition) is 1. The Morgan fingerprint density at radius 2 is 1.86 bits per heavy atom. The van der Waals surface area contributed by atoms with Crippen LogP contribution in [0.4, 0.5) is 0 Å². The topological polar surface area (TPSA) is 55.6 Å². The zero-order chi connectivity index (χ0) is 15.0. The smallest absolute Gasteiger partial charge is 0.235 e. The SMILES string of the molecule is CNCc1cnc(-n2cnc3cc(C)c(C)cc32)nc1C. The lowest BCUT2D eigenvalue weighted by atomic mass is 10.1. The van der Waals surface area contributed by atoms with Crippen molar-refractivity contribution >= 4 is 11.0 Å². The minimum Gasteiger partial charge on any atom is -0.316 e. The van der Waals surface area contributed by atoms with Crippen molar-refractivity contribution in [3.05, 3.63) is 47.0 Å². The van der Waals surface area contributed by atoms with Crippen molar-refractivity contribution in [3.8, 4) is 5.95 Å². The highest BCUT2D eigenvalue weighted by molar-refractivity contribution is 5.78. The zero-order valence-corrected chi connectivity index (χ0v) is 12.8. The van der Waals surface area contributed by atoms with E-state index in [1.54, 1.807) is 6.33 Å². The summed E-state index contributed by atoms with van der Waals surface area (Å²) < 4.78 is 1.94. The number of rotatable bonds is 3. The van der Waals surface area contributed by atoms with Crippen LogP contribution in [0.2, 0.25) is 0 Å². The second-order valence-electron chi connectivity index (χ2n) is 5.35. The lowest BCUT2D eigenvalue weighted by molar-refractivity contribution is 0.788. The molecule has 2 heterocycles. The molecule has 108 valence electrons. The number of fused-ring (bicyclic) bond motifs is 1. The molecule has 0 amide bonds. The van der Waals surface area contributed by atoms with Gasteiger partial charge in [-0.1, -0.05) is 0 Å². The minimum atomic E-state index is 0.665. The van der Waals surface area contributed by atoms with Crippen molar-refractivity contribution in [1.82, 2.24) is 24.8 Å². The highest BCUT2D eigenvalue weighted by atomic mass is 15.2. The van der Waals surface area contributed by atoms with Gasteiger partial charge in [0, 0.05) is 24.0 Å². The number of nitrogens with zero attached hydrogens (tertiary/aromatic N) is 4. The second kappa shape index (κ2) is 5.26. The Bertz CT molecular complexity index is 804. The molecule has 0 atom stereocenters. The molecule has 0 fully saturated rings. The first-order valence-corrected chi connectivity index (χ1v) is 7.02. The average Bonchev–Trinajstić information content (AvgIpc) is 2.85. The summed E-state index contributed by atoms with van der Waals surface area (Å²) in [5, 5.41) is 3.12. The maximum Gasteiger partial charge on any atom is 0.235 e. The molecule has 21 heavy (non-hydrogen) atoms. The quantitative estimate of drug-likeness (QED) is 0.801. The number of aromatic nitrogens is 4. The maximum absolute atomic E-state index is 4.61. The first-order valence-electron chi connectivity index (χ1n) is 7.02. The lowest BCUT2D eigenvalue weighted by Gasteiger charge is -2.08. The molecule has 0 spiro atoms. The highest BCUT2D eigenvalue weighted by Crippen LogP contribution is 2.20. The molecule has 5 nitrogen and oxygen atoms in total. The third-order valence-corrected chi connectivity index (χ3v) is 3.81. The zero-order valence-electron chi connectivity index (χ0n) is 12.8. The first kappa shape index (κ1) is 13.7. The monoisotopic (exact) mass is 281 g/mol. The molecule has 0 saturated heterocycles. The number of aryl methyl sites for hydroxylation is 3. The van der Waals surface area contributed by atoms with E-state index >= 15 is 0 Å². The molecular formula is C16H19N5. The predicted molar refractivity (Wildman–Crippen MR) is 83.6 cm³/mol. The molecule has 1 N–H and O–H groups in total. The Kier molecular flexibility index (Phi) is 3.43. The van der Waals surface area contributed by atoms with Crippen molar-refractivity contribution < 1.29 is 0 Å². The van der Waals surface area contributed by atoms with Crippen LogP contribution in [-0.2, 0) is 6.54 Å². The van der Waals surface area contributed by atoms with Crippen LogP contribution in [0.3, 0.4) is 0 Å². The van der Waals surface area contributed by atoms with E-state index in [4.69, 9.17) is 0 Å². The van der Waals surface area contributed by atoms with Gasteiger partial charge in [0.1, 0.15) is 6.33 Å². The largest absolute Gasteiger partial charge is 0.316 e. The summed E-state index contributed by atoms with van der Waals surface area (Å²) in [6, 6.07) is 4.24. The third-order valence-electron chi connectivity index (χ3n) is 3.81. The molecule has 3 aromatic rings. The minimum absolute atomic E-state index is 0.665. The Morgan fingerprint density at radius 1 is 1.10 bits per heavy atom. The molecule has 0 aliphatic rings. The van der Waals surface area contributed by atoms with Crippen LogP contribution in [0.25, 0.3) is 17.0 Å². The summed E-state index contributed by atoms with van der Waals surface area (Å²) in [6.07, 6.45) is 3.66. The summed E-state index contributed by atoms with van der Waals surface area (Å²) >= 11 is 0. The molecule has 0 radical (unpaired) electrons. The molecule has 0 unspecified atom stereocenters. The van der Waals surface area contributed by atoms with Crippen LogP contribution in [0.5, 0.6) is 0 Å². The van der Waals surface area contributed by atoms with Crippen molar-refractivity contribution in [2.45, 2.75) is 27.3 Å². The van der Waals surface area contributed by atoms with Gasteiger partial charge in [-0.05, 0) is 51.1 Å². The van der Waals surface area contributed by atoms with Crippen molar-refractivity contribution in [1.29, 1.82) is 0 Å². The number of imidazole rings is 1. The molecule has 0 saturated carbocycles. The van der Waals surface area contributed by atoms with E-state index in [0.717, 1.165) is 28.8 Å². The molecule has 5 heteroatoms. The Balaban J connectivity index is 2.12. The summed E-state index contributed by atoms with van der Waals surface area (Å²) in [4.78, 5) is 13.5. The van der Waals surface area contributed by atoms with Gasteiger partial charge >= 0.3 is 0 Å². The van der Waals surface area contributed by atoms with Gasteiger partial charge in [-0.25, -0.2) is 15.0 Å². The lowest BCUT2D eigenvalue weighted by Crippen LogP contribution is -2.10. The first-order chi connectivity index (χ1) is 10.1. The summed E-state index contributed by atoms with van der Waals surface area (Å²) in [5.41, 5.74) is 6.59. The fourth-order valence-electron chi connectivity index (χ4n) is 2.38. The third kappa shape index (κ3) is 2.40. The van der Waals surface area contributed by atoms with Gasteiger partial charge in [0.05, 0.1) is 11.0 Å². The van der Waals surface area contributed by atoms with E-state index in [-0.39, 0.29) is 0 Å². The van der Waals surface area contributed by atoms with Crippen LogP contribution in [0.15, 0.2) is 24.7 Å². The maximum atomic E-state index is 4.61. The molecule has 0 aliphatic heterocycles. The van der Waals surface area contributed by atoms with Gasteiger partial charge in [-0.3, -0.25) is 4.57 Å². The molecule has 0 bridgehead atoms. The van der Waals surface area contributed by atoms with Crippen molar-refractivity contribution in [3.63, 3.8) is 0 Å². The summed E-state index contributed by atoms with van der Waals surface area (Å²) in [5.74, 6) is 0.665. The molecule has 3 rings (SSSR count). The van der Waals surface area contributed by atoms with Crippen LogP contribution >= 0.6 is 0 Å². The summed E-state index contributed by atoms with van der Waals surface area (Å²) in [6.45, 7) is 6.98. The number of nitrogens with one attached hydrogen (secondary N) is 1. The van der Waals surface area contributed by atoms with E-state index in [1.807, 2.05) is 24.7 Å². The predicted octanol–water partition coefficient (Wildman–Crippen LogP) is 2.46. The van der Waals surface area contributed by atoms with Gasteiger partial charge in [0.15, 0.2) is 0 Å². The molecular weight excluding hydrogens is 262 g/mol. The molecule has 1 aromatic carbocycles.